The number of nitrogens with zero attached hydrogens (tertiary/aromatic N) is 4. The van der Waals surface area contributed by atoms with Crippen molar-refractivity contribution >= 4 is 29.2 Å². The van der Waals surface area contributed by atoms with Crippen LogP contribution in [0.25, 0.3) is 0 Å². The van der Waals surface area contributed by atoms with Crippen LogP contribution in [0.5, 0.6) is 0 Å². The summed E-state index contributed by atoms with van der Waals surface area (Å²) < 4.78 is 0. The van der Waals surface area contributed by atoms with Crippen molar-refractivity contribution in [1.29, 1.82) is 0 Å². The molecule has 2 aromatic rings. The van der Waals surface area contributed by atoms with E-state index in [1.807, 2.05) is 37.2 Å². The van der Waals surface area contributed by atoms with Crippen LogP contribution in [0.15, 0.2) is 36.5 Å². The van der Waals surface area contributed by atoms with Gasteiger partial charge in [0.15, 0.2) is 0 Å². The molecule has 0 spiro atoms. The molecular weight excluding hydrogens is 364 g/mol. The highest BCUT2D eigenvalue weighted by Gasteiger charge is 2.39. The SMILES string of the molecule is CN(C)c1ncccc1C(=O)N1CC(=O)N2CCc3ccc(Cl)cc3C2C1. The number of benzene rings is 1. The maximum atomic E-state index is 13.2. The Labute approximate surface area is 163 Å². The van der Waals surface area contributed by atoms with Crippen LogP contribution in [-0.2, 0) is 11.2 Å². The summed E-state index contributed by atoms with van der Waals surface area (Å²) in [5.74, 6) is 0.402. The molecule has 0 radical (unpaired) electrons. The van der Waals surface area contributed by atoms with E-state index < -0.39 is 0 Å². The van der Waals surface area contributed by atoms with Crippen LogP contribution in [0.2, 0.25) is 5.02 Å². The second-order valence-electron chi connectivity index (χ2n) is 7.15. The van der Waals surface area contributed by atoms with Crippen molar-refractivity contribution in [3.8, 4) is 0 Å². The molecule has 1 aromatic carbocycles. The summed E-state index contributed by atoms with van der Waals surface area (Å²) >= 11 is 6.20. The van der Waals surface area contributed by atoms with Crippen LogP contribution in [-0.4, -0.2) is 60.3 Å². The van der Waals surface area contributed by atoms with Gasteiger partial charge in [-0.15, -0.1) is 0 Å². The van der Waals surface area contributed by atoms with Crippen LogP contribution >= 0.6 is 11.6 Å². The Morgan fingerprint density at radius 1 is 1.30 bits per heavy atom. The third kappa shape index (κ3) is 3.14. The number of carbonyl (C=O) groups excluding carboxylic acids is 2. The molecule has 27 heavy (non-hydrogen) atoms. The summed E-state index contributed by atoms with van der Waals surface area (Å²) in [6.07, 6.45) is 2.48. The second kappa shape index (κ2) is 6.85. The largest absolute Gasteiger partial charge is 0.362 e. The lowest BCUT2D eigenvalue weighted by Crippen LogP contribution is -2.55. The summed E-state index contributed by atoms with van der Waals surface area (Å²) in [4.78, 5) is 35.6. The normalized spacial score (nSPS) is 18.8. The molecular formula is C20H21ClN4O2. The Bertz CT molecular complexity index is 915. The molecule has 6 nitrogen and oxygen atoms in total. The topological polar surface area (TPSA) is 56.8 Å². The van der Waals surface area contributed by atoms with E-state index >= 15 is 0 Å². The standard InChI is InChI=1S/C20H21ClN4O2/c1-23(2)19-15(4-3-8-22-19)20(27)24-11-17-16-10-14(21)6-5-13(16)7-9-25(17)18(26)12-24/h3-6,8,10,17H,7,9,11-12H2,1-2H3. The zero-order valence-corrected chi connectivity index (χ0v) is 16.1. The molecule has 1 atom stereocenters. The summed E-state index contributed by atoms with van der Waals surface area (Å²) in [7, 11) is 3.70. The van der Waals surface area contributed by atoms with Gasteiger partial charge in [0.25, 0.3) is 5.91 Å². The highest BCUT2D eigenvalue weighted by Crippen LogP contribution is 2.35. The van der Waals surface area contributed by atoms with E-state index in [0.29, 0.717) is 29.5 Å². The third-order valence-electron chi connectivity index (χ3n) is 5.23. The summed E-state index contributed by atoms with van der Waals surface area (Å²) in [6, 6.07) is 9.16. The van der Waals surface area contributed by atoms with E-state index in [9.17, 15) is 9.59 Å². The first kappa shape index (κ1) is 17.8. The number of carbonyl (C=O) groups is 2. The molecule has 7 heteroatoms. The molecule has 140 valence electrons. The van der Waals surface area contributed by atoms with E-state index in [1.54, 1.807) is 28.1 Å². The molecule has 2 amide bonds. The maximum Gasteiger partial charge on any atom is 0.258 e. The predicted molar refractivity (Wildman–Crippen MR) is 104 cm³/mol. The summed E-state index contributed by atoms with van der Waals surface area (Å²) in [6.45, 7) is 1.22. The smallest absolute Gasteiger partial charge is 0.258 e. The molecule has 0 saturated carbocycles. The molecule has 2 aliphatic rings. The molecule has 1 unspecified atom stereocenters. The van der Waals surface area contributed by atoms with E-state index in [1.165, 1.54) is 5.56 Å². The van der Waals surface area contributed by atoms with Gasteiger partial charge in [-0.05, 0) is 41.8 Å². The van der Waals surface area contributed by atoms with Crippen molar-refractivity contribution in [2.45, 2.75) is 12.5 Å². The summed E-state index contributed by atoms with van der Waals surface area (Å²) in [5, 5.41) is 0.647. The monoisotopic (exact) mass is 384 g/mol. The van der Waals surface area contributed by atoms with Crippen molar-refractivity contribution in [3.05, 3.63) is 58.2 Å². The van der Waals surface area contributed by atoms with E-state index in [-0.39, 0.29) is 24.4 Å². The zero-order valence-electron chi connectivity index (χ0n) is 15.4. The molecule has 1 fully saturated rings. The van der Waals surface area contributed by atoms with Gasteiger partial charge < -0.3 is 14.7 Å². The van der Waals surface area contributed by atoms with Gasteiger partial charge in [-0.2, -0.15) is 0 Å². The Kier molecular flexibility index (Phi) is 4.52. The number of rotatable bonds is 2. The van der Waals surface area contributed by atoms with Crippen molar-refractivity contribution in [2.75, 3.05) is 38.6 Å². The average molecular weight is 385 g/mol. The first-order valence-corrected chi connectivity index (χ1v) is 9.33. The maximum absolute atomic E-state index is 13.2. The quantitative estimate of drug-likeness (QED) is 0.797. The minimum absolute atomic E-state index is 0.0273. The van der Waals surface area contributed by atoms with E-state index in [0.717, 1.165) is 12.0 Å². The molecule has 3 heterocycles. The number of hydrogen-bond donors (Lipinski definition) is 0. The van der Waals surface area contributed by atoms with Crippen LogP contribution in [0.3, 0.4) is 0 Å². The Hall–Kier alpha value is -2.60. The van der Waals surface area contributed by atoms with Gasteiger partial charge in [0.05, 0.1) is 11.6 Å². The first-order valence-electron chi connectivity index (χ1n) is 8.95. The van der Waals surface area contributed by atoms with Crippen LogP contribution in [0.4, 0.5) is 5.82 Å². The van der Waals surface area contributed by atoms with Crippen molar-refractivity contribution in [3.63, 3.8) is 0 Å². The predicted octanol–water partition coefficient (Wildman–Crippen LogP) is 2.38. The molecule has 1 saturated heterocycles. The number of hydrogen-bond acceptors (Lipinski definition) is 4. The Morgan fingerprint density at radius 2 is 2.11 bits per heavy atom. The van der Waals surface area contributed by atoms with Gasteiger partial charge >= 0.3 is 0 Å². The second-order valence-corrected chi connectivity index (χ2v) is 7.59. The number of halogens is 1. The van der Waals surface area contributed by atoms with Crippen LogP contribution in [0, 0.1) is 0 Å². The third-order valence-corrected chi connectivity index (χ3v) is 5.47. The zero-order chi connectivity index (χ0) is 19.1. The van der Waals surface area contributed by atoms with Gasteiger partial charge in [-0.3, -0.25) is 9.59 Å². The number of amides is 2. The highest BCUT2D eigenvalue weighted by molar-refractivity contribution is 6.30. The lowest BCUT2D eigenvalue weighted by Gasteiger charge is -2.44. The van der Waals surface area contributed by atoms with Gasteiger partial charge in [0.2, 0.25) is 5.91 Å². The molecule has 0 N–H and O–H groups in total. The number of fused-ring (bicyclic) bond motifs is 3. The lowest BCUT2D eigenvalue weighted by molar-refractivity contribution is -0.139. The lowest BCUT2D eigenvalue weighted by atomic mass is 9.90. The van der Waals surface area contributed by atoms with E-state index in [4.69, 9.17) is 11.6 Å². The summed E-state index contributed by atoms with van der Waals surface area (Å²) in [5.41, 5.74) is 2.74. The Balaban J connectivity index is 1.67. The number of piperazine rings is 1. The number of anilines is 1. The van der Waals surface area contributed by atoms with Crippen molar-refractivity contribution in [2.24, 2.45) is 0 Å². The van der Waals surface area contributed by atoms with Gasteiger partial charge in [0.1, 0.15) is 12.4 Å². The molecule has 0 bridgehead atoms. The molecule has 1 aromatic heterocycles. The minimum atomic E-state index is -0.172. The first-order chi connectivity index (χ1) is 13.0. The Morgan fingerprint density at radius 3 is 2.89 bits per heavy atom. The number of pyridine rings is 1. The van der Waals surface area contributed by atoms with Crippen molar-refractivity contribution < 1.29 is 9.59 Å². The van der Waals surface area contributed by atoms with E-state index in [2.05, 4.69) is 4.98 Å². The van der Waals surface area contributed by atoms with Gasteiger partial charge in [-0.1, -0.05) is 17.7 Å². The fourth-order valence-corrected chi connectivity index (χ4v) is 4.12. The van der Waals surface area contributed by atoms with Crippen molar-refractivity contribution in [1.82, 2.24) is 14.8 Å². The molecule has 4 rings (SSSR count). The average Bonchev–Trinajstić information content (AvgIpc) is 2.67. The fourth-order valence-electron chi connectivity index (χ4n) is 3.94. The minimum Gasteiger partial charge on any atom is -0.362 e. The highest BCUT2D eigenvalue weighted by atomic mass is 35.5. The molecule has 2 aliphatic heterocycles. The van der Waals surface area contributed by atoms with Gasteiger partial charge in [0, 0.05) is 38.4 Å². The van der Waals surface area contributed by atoms with Gasteiger partial charge in [-0.25, -0.2) is 4.98 Å². The molecule has 0 aliphatic carbocycles. The number of aromatic nitrogens is 1. The van der Waals surface area contributed by atoms with Crippen LogP contribution in [0.1, 0.15) is 27.5 Å². The fraction of sp³-hybridized carbons (Fsp3) is 0.350. The van der Waals surface area contributed by atoms with Crippen LogP contribution < -0.4 is 4.90 Å².